The van der Waals surface area contributed by atoms with Crippen LogP contribution in [0.15, 0.2) is 29.1 Å². The van der Waals surface area contributed by atoms with Crippen LogP contribution in [0.3, 0.4) is 0 Å². The maximum absolute atomic E-state index is 13.9. The van der Waals surface area contributed by atoms with Crippen LogP contribution in [0.1, 0.15) is 32.0 Å². The van der Waals surface area contributed by atoms with Gasteiger partial charge in [0.2, 0.25) is 0 Å². The molecule has 0 bridgehead atoms. The number of aromatic nitrogens is 2. The maximum atomic E-state index is 13.9. The summed E-state index contributed by atoms with van der Waals surface area (Å²) in [5.41, 5.74) is 5.64. The number of piperidine rings is 1. The van der Waals surface area contributed by atoms with Crippen LogP contribution >= 0.6 is 23.2 Å². The molecule has 30 heavy (non-hydrogen) atoms. The standard InChI is InChI=1S/C20H22Cl2F2N4O2/c1-11-17(25)20(10-30-11)5-7-27(8-6-20)14-9-15(29)28(19(26-14)18(23)24)13-4-2-3-12(21)16(13)22/h2-4,9,11,17-18H,5-8,10,25H2,1H3/t11-,17+/m0/s1. The number of ether oxygens (including phenoxy) is 1. The third kappa shape index (κ3) is 3.60. The second kappa shape index (κ2) is 8.07. The SMILES string of the molecule is C[C@@H]1OCC2(CCN(c3cc(=O)n(-c4cccc(Cl)c4Cl)c(C(F)F)n3)CC2)[C@@H]1N. The fourth-order valence-electron chi connectivity index (χ4n) is 4.36. The monoisotopic (exact) mass is 458 g/mol. The number of hydrogen-bond acceptors (Lipinski definition) is 5. The third-order valence-electron chi connectivity index (χ3n) is 6.23. The Hall–Kier alpha value is -1.74. The van der Waals surface area contributed by atoms with Gasteiger partial charge in [0.1, 0.15) is 5.82 Å². The lowest BCUT2D eigenvalue weighted by Gasteiger charge is -2.41. The smallest absolute Gasteiger partial charge is 0.296 e. The normalized spacial score (nSPS) is 23.5. The Kier molecular flexibility index (Phi) is 5.78. The number of benzene rings is 1. The fraction of sp³-hybridized carbons (Fsp3) is 0.500. The number of nitrogens with zero attached hydrogens (tertiary/aromatic N) is 3. The molecule has 162 valence electrons. The molecule has 3 heterocycles. The van der Waals surface area contributed by atoms with Gasteiger partial charge in [-0.15, -0.1) is 0 Å². The van der Waals surface area contributed by atoms with Crippen LogP contribution in [-0.4, -0.2) is 41.4 Å². The summed E-state index contributed by atoms with van der Waals surface area (Å²) in [6.07, 6.45) is -1.49. The molecule has 2 N–H and O–H groups in total. The first-order valence-electron chi connectivity index (χ1n) is 9.72. The molecule has 2 fully saturated rings. The Balaban J connectivity index is 1.67. The minimum atomic E-state index is -2.97. The number of nitrogens with two attached hydrogens (primary N) is 1. The second-order valence-electron chi connectivity index (χ2n) is 7.91. The molecule has 0 unspecified atom stereocenters. The van der Waals surface area contributed by atoms with Gasteiger partial charge in [0.25, 0.3) is 12.0 Å². The summed E-state index contributed by atoms with van der Waals surface area (Å²) in [7, 11) is 0. The lowest BCUT2D eigenvalue weighted by molar-refractivity contribution is 0.0973. The van der Waals surface area contributed by atoms with E-state index in [1.165, 1.54) is 24.3 Å². The van der Waals surface area contributed by atoms with Gasteiger partial charge in [-0.05, 0) is 31.9 Å². The highest BCUT2D eigenvalue weighted by Gasteiger charge is 2.47. The van der Waals surface area contributed by atoms with E-state index in [0.717, 1.165) is 17.4 Å². The number of anilines is 1. The zero-order valence-corrected chi connectivity index (χ0v) is 17.8. The lowest BCUT2D eigenvalue weighted by atomic mass is 9.73. The molecule has 1 spiro atoms. The molecule has 2 aromatic rings. The molecule has 2 aliphatic heterocycles. The van der Waals surface area contributed by atoms with E-state index in [2.05, 4.69) is 4.98 Å². The number of hydrogen-bond donors (Lipinski definition) is 1. The van der Waals surface area contributed by atoms with Crippen LogP contribution in [0.5, 0.6) is 0 Å². The van der Waals surface area contributed by atoms with Crippen molar-refractivity contribution in [2.75, 3.05) is 24.6 Å². The van der Waals surface area contributed by atoms with Gasteiger partial charge in [-0.2, -0.15) is 0 Å². The molecule has 2 aliphatic rings. The molecular formula is C20H22Cl2F2N4O2. The molecule has 2 saturated heterocycles. The van der Waals surface area contributed by atoms with Crippen LogP contribution in [-0.2, 0) is 4.74 Å². The zero-order valence-electron chi connectivity index (χ0n) is 16.3. The minimum absolute atomic E-state index is 0.00789. The van der Waals surface area contributed by atoms with Gasteiger partial charge in [0, 0.05) is 30.6 Å². The average molecular weight is 459 g/mol. The lowest BCUT2D eigenvalue weighted by Crippen LogP contribution is -2.51. The molecule has 0 saturated carbocycles. The van der Waals surface area contributed by atoms with Crippen molar-refractivity contribution < 1.29 is 13.5 Å². The summed E-state index contributed by atoms with van der Waals surface area (Å²) in [5.74, 6) is -0.448. The Labute approximate surface area is 182 Å². The van der Waals surface area contributed by atoms with E-state index in [9.17, 15) is 13.6 Å². The molecular weight excluding hydrogens is 437 g/mol. The topological polar surface area (TPSA) is 73.4 Å². The quantitative estimate of drug-likeness (QED) is 0.756. The van der Waals surface area contributed by atoms with Gasteiger partial charge >= 0.3 is 0 Å². The summed E-state index contributed by atoms with van der Waals surface area (Å²) in [5, 5.41) is 0.179. The Bertz CT molecular complexity index is 1010. The third-order valence-corrected chi connectivity index (χ3v) is 7.04. The molecule has 1 aromatic heterocycles. The molecule has 0 aliphatic carbocycles. The van der Waals surface area contributed by atoms with E-state index in [4.69, 9.17) is 33.7 Å². The van der Waals surface area contributed by atoms with Crippen LogP contribution < -0.4 is 16.2 Å². The number of halogens is 4. The first-order valence-corrected chi connectivity index (χ1v) is 10.5. The maximum Gasteiger partial charge on any atom is 0.296 e. The van der Waals surface area contributed by atoms with Crippen LogP contribution in [0.2, 0.25) is 10.0 Å². The fourth-order valence-corrected chi connectivity index (χ4v) is 4.74. The summed E-state index contributed by atoms with van der Waals surface area (Å²) in [6.45, 7) is 3.66. The van der Waals surface area contributed by atoms with Crippen molar-refractivity contribution in [1.29, 1.82) is 0 Å². The highest BCUT2D eigenvalue weighted by atomic mass is 35.5. The van der Waals surface area contributed by atoms with Crippen LogP contribution in [0.25, 0.3) is 5.69 Å². The summed E-state index contributed by atoms with van der Waals surface area (Å²) in [6, 6.07) is 5.70. The van der Waals surface area contributed by atoms with E-state index in [1.54, 1.807) is 0 Å². The van der Waals surface area contributed by atoms with Gasteiger partial charge < -0.3 is 15.4 Å². The van der Waals surface area contributed by atoms with Crippen molar-refractivity contribution in [1.82, 2.24) is 9.55 Å². The predicted molar refractivity (Wildman–Crippen MR) is 112 cm³/mol. The molecule has 1 aromatic carbocycles. The highest BCUT2D eigenvalue weighted by Crippen LogP contribution is 2.42. The van der Waals surface area contributed by atoms with Gasteiger partial charge in [-0.25, -0.2) is 13.8 Å². The summed E-state index contributed by atoms with van der Waals surface area (Å²) >= 11 is 12.2. The number of rotatable bonds is 3. The van der Waals surface area contributed by atoms with Gasteiger partial charge in [0.15, 0.2) is 5.82 Å². The van der Waals surface area contributed by atoms with Gasteiger partial charge in [-0.3, -0.25) is 9.36 Å². The van der Waals surface area contributed by atoms with E-state index in [-0.39, 0.29) is 39.1 Å². The van der Waals surface area contributed by atoms with Crippen molar-refractivity contribution in [3.63, 3.8) is 0 Å². The molecule has 0 radical (unpaired) electrons. The van der Waals surface area contributed by atoms with Gasteiger partial charge in [-0.1, -0.05) is 29.3 Å². The predicted octanol–water partition coefficient (Wildman–Crippen LogP) is 3.81. The summed E-state index contributed by atoms with van der Waals surface area (Å²) in [4.78, 5) is 18.8. The highest BCUT2D eigenvalue weighted by molar-refractivity contribution is 6.43. The Morgan fingerprint density at radius 2 is 2.00 bits per heavy atom. The minimum Gasteiger partial charge on any atom is -0.376 e. The Morgan fingerprint density at radius 3 is 2.60 bits per heavy atom. The molecule has 4 rings (SSSR count). The van der Waals surface area contributed by atoms with E-state index >= 15 is 0 Å². The van der Waals surface area contributed by atoms with Crippen LogP contribution in [0, 0.1) is 5.41 Å². The Morgan fingerprint density at radius 1 is 1.30 bits per heavy atom. The molecule has 0 amide bonds. The average Bonchev–Trinajstić information content (AvgIpc) is 2.99. The number of alkyl halides is 2. The van der Waals surface area contributed by atoms with E-state index in [1.807, 2.05) is 11.8 Å². The van der Waals surface area contributed by atoms with Crippen molar-refractivity contribution >= 4 is 29.0 Å². The first kappa shape index (κ1) is 21.5. The summed E-state index contributed by atoms with van der Waals surface area (Å²) < 4.78 is 34.3. The largest absolute Gasteiger partial charge is 0.376 e. The van der Waals surface area contributed by atoms with Crippen molar-refractivity contribution in [3.8, 4) is 5.69 Å². The van der Waals surface area contributed by atoms with Crippen molar-refractivity contribution in [2.45, 2.75) is 38.3 Å². The van der Waals surface area contributed by atoms with Gasteiger partial charge in [0.05, 0.1) is 28.4 Å². The second-order valence-corrected chi connectivity index (χ2v) is 8.70. The molecule has 6 nitrogen and oxygen atoms in total. The van der Waals surface area contributed by atoms with Crippen molar-refractivity contribution in [3.05, 3.63) is 50.5 Å². The first-order chi connectivity index (χ1) is 14.2. The van der Waals surface area contributed by atoms with Crippen molar-refractivity contribution in [2.24, 2.45) is 11.1 Å². The van der Waals surface area contributed by atoms with Crippen LogP contribution in [0.4, 0.5) is 14.6 Å². The molecule has 2 atom stereocenters. The zero-order chi connectivity index (χ0) is 21.6. The molecule has 10 heteroatoms. The van der Waals surface area contributed by atoms with E-state index < -0.39 is 17.8 Å². The van der Waals surface area contributed by atoms with E-state index in [0.29, 0.717) is 19.7 Å².